The minimum Gasteiger partial charge on any atom is -0.354 e. The Morgan fingerprint density at radius 1 is 1.09 bits per heavy atom. The van der Waals surface area contributed by atoms with Crippen LogP contribution in [0.25, 0.3) is 0 Å². The highest BCUT2D eigenvalue weighted by Gasteiger charge is 2.30. The lowest BCUT2D eigenvalue weighted by Crippen LogP contribution is -2.51. The smallest absolute Gasteiger partial charge is 0.244 e. The van der Waals surface area contributed by atoms with Crippen molar-refractivity contribution in [1.29, 1.82) is 0 Å². The average Bonchev–Trinajstić information content (AvgIpc) is 2.81. The number of anilines is 1. The number of hydrogen-bond acceptors (Lipinski definition) is 5. The van der Waals surface area contributed by atoms with E-state index in [2.05, 4.69) is 5.32 Å². The number of benzene rings is 2. The molecule has 0 bridgehead atoms. The molecule has 2 aromatic rings. The number of nitrogens with one attached hydrogen (secondary N) is 1. The van der Waals surface area contributed by atoms with Gasteiger partial charge in [0.25, 0.3) is 0 Å². The molecule has 190 valence electrons. The van der Waals surface area contributed by atoms with Crippen molar-refractivity contribution in [1.82, 2.24) is 10.2 Å². The van der Waals surface area contributed by atoms with Gasteiger partial charge in [-0.15, -0.1) is 0 Å². The number of ketones is 1. The fraction of sp³-hybridized carbons (Fsp3) is 0.400. The first kappa shape index (κ1) is 28.0. The van der Waals surface area contributed by atoms with Crippen LogP contribution in [-0.4, -0.2) is 56.3 Å². The van der Waals surface area contributed by atoms with Crippen molar-refractivity contribution in [2.45, 2.75) is 46.2 Å². The lowest BCUT2D eigenvalue weighted by molar-refractivity contribution is -0.139. The van der Waals surface area contributed by atoms with Gasteiger partial charge in [-0.05, 0) is 50.1 Å². The molecule has 2 amide bonds. The largest absolute Gasteiger partial charge is 0.354 e. The first-order valence-electron chi connectivity index (χ1n) is 11.3. The topological polar surface area (TPSA) is 104 Å². The van der Waals surface area contributed by atoms with Gasteiger partial charge in [0, 0.05) is 18.7 Å². The highest BCUT2D eigenvalue weighted by molar-refractivity contribution is 7.92. The van der Waals surface area contributed by atoms with Gasteiger partial charge >= 0.3 is 0 Å². The van der Waals surface area contributed by atoms with Gasteiger partial charge < -0.3 is 10.2 Å². The molecule has 0 heterocycles. The fourth-order valence-corrected chi connectivity index (χ4v) is 4.24. The molecule has 35 heavy (non-hydrogen) atoms. The number of carbonyl (C=O) groups is 3. The summed E-state index contributed by atoms with van der Waals surface area (Å²) in [6.07, 6.45) is 2.63. The number of hydrogen-bond donors (Lipinski definition) is 1. The lowest BCUT2D eigenvalue weighted by Gasteiger charge is -2.31. The number of amides is 2. The number of halogens is 1. The van der Waals surface area contributed by atoms with Crippen molar-refractivity contribution < 1.29 is 27.2 Å². The van der Waals surface area contributed by atoms with Crippen LogP contribution in [0, 0.1) is 5.82 Å². The van der Waals surface area contributed by atoms with Crippen LogP contribution in [0.4, 0.5) is 10.1 Å². The summed E-state index contributed by atoms with van der Waals surface area (Å²) in [7, 11) is -3.91. The standard InChI is InChI=1S/C25H32FN3O5S/c1-5-6-14-27-25(32)18(2)28(16-20-10-12-22(26)13-11-20)24(31)17-29(35(4,33)34)23-9-7-8-21(15-23)19(3)30/h7-13,15,18H,5-6,14,16-17H2,1-4H3,(H,27,32)/t18-/m0/s1. The first-order valence-corrected chi connectivity index (χ1v) is 13.2. The molecule has 0 saturated heterocycles. The molecule has 1 N–H and O–H groups in total. The summed E-state index contributed by atoms with van der Waals surface area (Å²) in [6, 6.07) is 10.6. The van der Waals surface area contributed by atoms with E-state index < -0.39 is 34.3 Å². The van der Waals surface area contributed by atoms with Crippen LogP contribution in [0.3, 0.4) is 0 Å². The molecule has 0 spiro atoms. The molecule has 0 aliphatic heterocycles. The minimum atomic E-state index is -3.91. The summed E-state index contributed by atoms with van der Waals surface area (Å²) in [5.74, 6) is -1.68. The van der Waals surface area contributed by atoms with Crippen molar-refractivity contribution in [2.24, 2.45) is 0 Å². The lowest BCUT2D eigenvalue weighted by atomic mass is 10.1. The number of Topliss-reactive ketones (excluding diaryl/α,β-unsaturated/α-hetero) is 1. The summed E-state index contributed by atoms with van der Waals surface area (Å²) in [5, 5.41) is 2.79. The summed E-state index contributed by atoms with van der Waals surface area (Å²) >= 11 is 0. The summed E-state index contributed by atoms with van der Waals surface area (Å²) in [5.41, 5.74) is 1.04. The number of rotatable bonds is 12. The molecule has 0 aliphatic carbocycles. The molecule has 0 aliphatic rings. The minimum absolute atomic E-state index is 0.0213. The van der Waals surface area contributed by atoms with E-state index in [0.29, 0.717) is 17.7 Å². The molecule has 0 fully saturated rings. The van der Waals surface area contributed by atoms with Crippen molar-refractivity contribution in [3.8, 4) is 0 Å². The monoisotopic (exact) mass is 505 g/mol. The van der Waals surface area contributed by atoms with Crippen LogP contribution in [0.15, 0.2) is 48.5 Å². The van der Waals surface area contributed by atoms with Crippen molar-refractivity contribution in [2.75, 3.05) is 23.7 Å². The Bertz CT molecular complexity index is 1150. The van der Waals surface area contributed by atoms with E-state index in [0.717, 1.165) is 23.4 Å². The second kappa shape index (κ2) is 12.4. The van der Waals surface area contributed by atoms with E-state index >= 15 is 0 Å². The molecule has 8 nitrogen and oxygen atoms in total. The number of carbonyl (C=O) groups excluding carboxylic acids is 3. The Kier molecular flexibility index (Phi) is 9.94. The average molecular weight is 506 g/mol. The molecular formula is C25H32FN3O5S. The van der Waals surface area contributed by atoms with Gasteiger partial charge in [0.15, 0.2) is 5.78 Å². The molecule has 2 aromatic carbocycles. The molecule has 0 saturated carbocycles. The molecular weight excluding hydrogens is 473 g/mol. The van der Waals surface area contributed by atoms with Gasteiger partial charge in [0.2, 0.25) is 21.8 Å². The zero-order chi connectivity index (χ0) is 26.2. The second-order valence-electron chi connectivity index (χ2n) is 8.34. The predicted molar refractivity (Wildman–Crippen MR) is 133 cm³/mol. The summed E-state index contributed by atoms with van der Waals surface area (Å²) in [6.45, 7) is 4.76. The third kappa shape index (κ3) is 8.17. The van der Waals surface area contributed by atoms with Gasteiger partial charge in [0.1, 0.15) is 18.4 Å². The SMILES string of the molecule is CCCCNC(=O)[C@H](C)N(Cc1ccc(F)cc1)C(=O)CN(c1cccc(C(C)=O)c1)S(C)(=O)=O. The van der Waals surface area contributed by atoms with Crippen molar-refractivity contribution >= 4 is 33.3 Å². The zero-order valence-corrected chi connectivity index (χ0v) is 21.3. The van der Waals surface area contributed by atoms with Crippen LogP contribution in [0.1, 0.15) is 49.5 Å². The molecule has 1 atom stereocenters. The molecule has 0 radical (unpaired) electrons. The molecule has 0 aromatic heterocycles. The number of nitrogens with zero attached hydrogens (tertiary/aromatic N) is 2. The number of unbranched alkanes of at least 4 members (excludes halogenated alkanes) is 1. The Balaban J connectivity index is 2.38. The number of sulfonamides is 1. The van der Waals surface area contributed by atoms with Gasteiger partial charge in [-0.2, -0.15) is 0 Å². The van der Waals surface area contributed by atoms with E-state index in [1.807, 2.05) is 6.92 Å². The molecule has 0 unspecified atom stereocenters. The van der Waals surface area contributed by atoms with E-state index in [1.165, 1.54) is 54.3 Å². The van der Waals surface area contributed by atoms with E-state index in [9.17, 15) is 27.2 Å². The van der Waals surface area contributed by atoms with Gasteiger partial charge in [-0.25, -0.2) is 12.8 Å². The summed E-state index contributed by atoms with van der Waals surface area (Å²) in [4.78, 5) is 39.2. The van der Waals surface area contributed by atoms with Crippen LogP contribution >= 0.6 is 0 Å². The first-order chi connectivity index (χ1) is 16.4. The summed E-state index contributed by atoms with van der Waals surface area (Å²) < 4.78 is 39.5. The van der Waals surface area contributed by atoms with Crippen LogP contribution in [0.2, 0.25) is 0 Å². The third-order valence-electron chi connectivity index (χ3n) is 5.48. The fourth-order valence-electron chi connectivity index (χ4n) is 3.40. The Morgan fingerprint density at radius 3 is 2.31 bits per heavy atom. The van der Waals surface area contributed by atoms with Gasteiger partial charge in [0.05, 0.1) is 11.9 Å². The van der Waals surface area contributed by atoms with E-state index in [4.69, 9.17) is 0 Å². The van der Waals surface area contributed by atoms with Gasteiger partial charge in [-0.1, -0.05) is 37.6 Å². The Labute approximate surface area is 206 Å². The van der Waals surface area contributed by atoms with Crippen LogP contribution in [-0.2, 0) is 26.2 Å². The predicted octanol–water partition coefficient (Wildman–Crippen LogP) is 3.13. The quantitative estimate of drug-likeness (QED) is 0.353. The Hall–Kier alpha value is -3.27. The third-order valence-corrected chi connectivity index (χ3v) is 6.62. The van der Waals surface area contributed by atoms with Crippen LogP contribution < -0.4 is 9.62 Å². The van der Waals surface area contributed by atoms with Gasteiger partial charge in [-0.3, -0.25) is 18.7 Å². The highest BCUT2D eigenvalue weighted by Crippen LogP contribution is 2.21. The highest BCUT2D eigenvalue weighted by atomic mass is 32.2. The van der Waals surface area contributed by atoms with Crippen molar-refractivity contribution in [3.05, 3.63) is 65.5 Å². The normalized spacial score (nSPS) is 12.0. The zero-order valence-electron chi connectivity index (χ0n) is 20.5. The second-order valence-corrected chi connectivity index (χ2v) is 10.3. The van der Waals surface area contributed by atoms with E-state index in [-0.39, 0.29) is 23.9 Å². The maximum Gasteiger partial charge on any atom is 0.244 e. The Morgan fingerprint density at radius 2 is 1.74 bits per heavy atom. The molecule has 2 rings (SSSR count). The maximum atomic E-state index is 13.4. The molecule has 10 heteroatoms. The maximum absolute atomic E-state index is 13.4. The van der Waals surface area contributed by atoms with E-state index in [1.54, 1.807) is 13.0 Å². The van der Waals surface area contributed by atoms with Crippen LogP contribution in [0.5, 0.6) is 0 Å². The van der Waals surface area contributed by atoms with Crippen molar-refractivity contribution in [3.63, 3.8) is 0 Å².